The molecule has 1 amide bonds. The summed E-state index contributed by atoms with van der Waals surface area (Å²) in [5.41, 5.74) is 0.306. The lowest BCUT2D eigenvalue weighted by Gasteiger charge is -2.40. The minimum atomic E-state index is -3.45. The van der Waals surface area contributed by atoms with E-state index in [1.165, 1.54) is 0 Å². The quantitative estimate of drug-likeness (QED) is 0.739. The molecular formula is C17H27N5O4S. The van der Waals surface area contributed by atoms with Crippen LogP contribution < -0.4 is 10.6 Å². The maximum atomic E-state index is 12.9. The van der Waals surface area contributed by atoms with Gasteiger partial charge in [-0.2, -0.15) is 17.0 Å². The largest absolute Gasteiger partial charge is 0.360 e. The van der Waals surface area contributed by atoms with Crippen molar-refractivity contribution in [1.82, 2.24) is 24.4 Å². The number of carbonyl (C=O) groups excluding carboxylic acids is 1. The van der Waals surface area contributed by atoms with Gasteiger partial charge in [0.2, 0.25) is 0 Å². The summed E-state index contributed by atoms with van der Waals surface area (Å²) in [6.07, 6.45) is 3.36. The zero-order valence-electron chi connectivity index (χ0n) is 15.6. The first-order valence-electron chi connectivity index (χ1n) is 9.70. The number of piperidine rings is 1. The molecule has 10 heteroatoms. The van der Waals surface area contributed by atoms with E-state index in [1.807, 2.05) is 6.92 Å². The molecule has 2 N–H and O–H groups in total. The molecule has 1 saturated carbocycles. The number of hydrogen-bond donors (Lipinski definition) is 2. The van der Waals surface area contributed by atoms with Gasteiger partial charge in [-0.1, -0.05) is 5.16 Å². The number of amides is 1. The van der Waals surface area contributed by atoms with Crippen LogP contribution in [0, 0.1) is 0 Å². The van der Waals surface area contributed by atoms with Gasteiger partial charge in [0.05, 0.1) is 0 Å². The molecule has 0 aromatic carbocycles. The molecule has 0 unspecified atom stereocenters. The second-order valence-electron chi connectivity index (χ2n) is 7.70. The zero-order valence-corrected chi connectivity index (χ0v) is 16.4. The Morgan fingerprint density at radius 2 is 2.00 bits per heavy atom. The van der Waals surface area contributed by atoms with Crippen molar-refractivity contribution < 1.29 is 17.7 Å². The minimum absolute atomic E-state index is 0.0666. The van der Waals surface area contributed by atoms with Crippen LogP contribution in [0.3, 0.4) is 0 Å². The number of carbonyl (C=O) groups is 1. The van der Waals surface area contributed by atoms with Gasteiger partial charge < -0.3 is 15.2 Å². The van der Waals surface area contributed by atoms with Gasteiger partial charge in [-0.25, -0.2) is 0 Å². The van der Waals surface area contributed by atoms with E-state index < -0.39 is 10.2 Å². The van der Waals surface area contributed by atoms with E-state index in [9.17, 15) is 13.2 Å². The normalized spacial score (nSPS) is 28.2. The van der Waals surface area contributed by atoms with E-state index in [0.717, 1.165) is 18.6 Å². The van der Waals surface area contributed by atoms with Gasteiger partial charge in [-0.05, 0) is 32.6 Å². The second kappa shape index (κ2) is 7.50. The Kier molecular flexibility index (Phi) is 5.23. The summed E-state index contributed by atoms with van der Waals surface area (Å²) in [4.78, 5) is 12.4. The van der Waals surface area contributed by atoms with Crippen LogP contribution in [0.15, 0.2) is 10.6 Å². The van der Waals surface area contributed by atoms with Crippen molar-refractivity contribution in [2.75, 3.05) is 32.7 Å². The fourth-order valence-electron chi connectivity index (χ4n) is 3.86. The Labute approximate surface area is 159 Å². The molecule has 2 saturated heterocycles. The SMILES string of the molecule is C[C@H]1C[C@@H](NC(=O)c2cc(C3CC3)on2)CCN1S(=O)(=O)N1CCNCC1. The molecule has 1 aliphatic carbocycles. The Bertz CT molecular complexity index is 785. The standard InChI is InChI=1S/C17H27N5O4S/c1-12-10-14(19-17(23)15-11-16(26-20-15)13-2-3-13)4-7-22(12)27(24,25)21-8-5-18-6-9-21/h11-14,18H,2-10H2,1H3,(H,19,23)/t12-,14-/m0/s1. The van der Waals surface area contributed by atoms with Gasteiger partial charge in [-0.3, -0.25) is 4.79 Å². The van der Waals surface area contributed by atoms with E-state index in [1.54, 1.807) is 14.7 Å². The first-order valence-corrected chi connectivity index (χ1v) is 11.1. The molecule has 3 fully saturated rings. The maximum absolute atomic E-state index is 12.9. The Morgan fingerprint density at radius 1 is 1.26 bits per heavy atom. The van der Waals surface area contributed by atoms with Crippen LogP contribution in [-0.2, 0) is 10.2 Å². The number of nitrogens with one attached hydrogen (secondary N) is 2. The Balaban J connectivity index is 1.34. The summed E-state index contributed by atoms with van der Waals surface area (Å²) < 4.78 is 34.1. The lowest BCUT2D eigenvalue weighted by molar-refractivity contribution is 0.0903. The molecule has 27 heavy (non-hydrogen) atoms. The van der Waals surface area contributed by atoms with Crippen LogP contribution >= 0.6 is 0 Å². The van der Waals surface area contributed by atoms with E-state index >= 15 is 0 Å². The van der Waals surface area contributed by atoms with Crippen LogP contribution in [0.5, 0.6) is 0 Å². The summed E-state index contributed by atoms with van der Waals surface area (Å²) in [6.45, 7) is 4.67. The first-order chi connectivity index (χ1) is 12.9. The predicted molar refractivity (Wildman–Crippen MR) is 98.5 cm³/mol. The summed E-state index contributed by atoms with van der Waals surface area (Å²) in [7, 11) is -3.45. The smallest absolute Gasteiger partial charge is 0.282 e. The Hall–Kier alpha value is -1.49. The van der Waals surface area contributed by atoms with Gasteiger partial charge in [0.15, 0.2) is 5.69 Å². The van der Waals surface area contributed by atoms with E-state index in [0.29, 0.717) is 57.2 Å². The van der Waals surface area contributed by atoms with Gasteiger partial charge in [0.1, 0.15) is 5.76 Å². The third-order valence-electron chi connectivity index (χ3n) is 5.59. The number of piperazine rings is 1. The van der Waals surface area contributed by atoms with E-state index in [-0.39, 0.29) is 18.0 Å². The lowest BCUT2D eigenvalue weighted by atomic mass is 10.0. The van der Waals surface area contributed by atoms with E-state index in [4.69, 9.17) is 4.52 Å². The number of rotatable bonds is 5. The van der Waals surface area contributed by atoms with Crippen molar-refractivity contribution in [3.63, 3.8) is 0 Å². The molecule has 4 rings (SSSR count). The molecule has 1 aromatic heterocycles. The zero-order chi connectivity index (χ0) is 19.0. The van der Waals surface area contributed by atoms with Crippen molar-refractivity contribution >= 4 is 16.1 Å². The summed E-state index contributed by atoms with van der Waals surface area (Å²) >= 11 is 0. The molecule has 2 atom stereocenters. The maximum Gasteiger partial charge on any atom is 0.282 e. The van der Waals surface area contributed by atoms with Gasteiger partial charge >= 0.3 is 0 Å². The van der Waals surface area contributed by atoms with Crippen molar-refractivity contribution in [3.05, 3.63) is 17.5 Å². The molecular weight excluding hydrogens is 370 g/mol. The summed E-state index contributed by atoms with van der Waals surface area (Å²) in [5, 5.41) is 10.0. The monoisotopic (exact) mass is 397 g/mol. The van der Waals surface area contributed by atoms with Gasteiger partial charge in [0.25, 0.3) is 16.1 Å². The minimum Gasteiger partial charge on any atom is -0.360 e. The lowest BCUT2D eigenvalue weighted by Crippen LogP contribution is -2.57. The van der Waals surface area contributed by atoms with E-state index in [2.05, 4.69) is 15.8 Å². The highest BCUT2D eigenvalue weighted by molar-refractivity contribution is 7.86. The topological polar surface area (TPSA) is 108 Å². The third kappa shape index (κ3) is 4.03. The third-order valence-corrected chi connectivity index (χ3v) is 7.74. The number of nitrogens with zero attached hydrogens (tertiary/aromatic N) is 3. The van der Waals surface area contributed by atoms with Crippen molar-refractivity contribution in [2.24, 2.45) is 0 Å². The molecule has 3 heterocycles. The summed E-state index contributed by atoms with van der Waals surface area (Å²) in [6, 6.07) is 1.49. The number of aromatic nitrogens is 1. The van der Waals surface area contributed by atoms with Gasteiger partial charge in [-0.15, -0.1) is 0 Å². The van der Waals surface area contributed by atoms with Gasteiger partial charge in [0, 0.05) is 56.8 Å². The molecule has 1 aromatic rings. The van der Waals surface area contributed by atoms with Crippen LogP contribution in [-0.4, -0.2) is 72.9 Å². The molecule has 150 valence electrons. The second-order valence-corrected chi connectivity index (χ2v) is 9.58. The first kappa shape index (κ1) is 18.9. The highest BCUT2D eigenvalue weighted by atomic mass is 32.2. The fourth-order valence-corrected chi connectivity index (χ4v) is 5.68. The molecule has 3 aliphatic rings. The molecule has 9 nitrogen and oxygen atoms in total. The molecule has 2 aliphatic heterocycles. The van der Waals surface area contributed by atoms with Crippen molar-refractivity contribution in [3.8, 4) is 0 Å². The predicted octanol–water partition coefficient (Wildman–Crippen LogP) is 0.285. The average molecular weight is 398 g/mol. The van der Waals surface area contributed by atoms with Crippen LogP contribution in [0.1, 0.15) is 54.8 Å². The molecule has 0 bridgehead atoms. The average Bonchev–Trinajstić information content (AvgIpc) is 3.39. The van der Waals surface area contributed by atoms with Crippen LogP contribution in [0.25, 0.3) is 0 Å². The van der Waals surface area contributed by atoms with Crippen molar-refractivity contribution in [1.29, 1.82) is 0 Å². The van der Waals surface area contributed by atoms with Crippen LogP contribution in [0.4, 0.5) is 0 Å². The molecule has 0 spiro atoms. The molecule has 0 radical (unpaired) electrons. The fraction of sp³-hybridized carbons (Fsp3) is 0.765. The van der Waals surface area contributed by atoms with Crippen LogP contribution in [0.2, 0.25) is 0 Å². The highest BCUT2D eigenvalue weighted by Gasteiger charge is 2.38. The number of hydrogen-bond acceptors (Lipinski definition) is 6. The summed E-state index contributed by atoms with van der Waals surface area (Å²) in [5.74, 6) is 0.948. The highest BCUT2D eigenvalue weighted by Crippen LogP contribution is 2.40. The van der Waals surface area contributed by atoms with Crippen molar-refractivity contribution in [2.45, 2.75) is 50.6 Å². The Morgan fingerprint density at radius 3 is 2.67 bits per heavy atom.